The first-order valence-electron chi connectivity index (χ1n) is 18.7. The van der Waals surface area contributed by atoms with Crippen LogP contribution in [-0.4, -0.2) is 50.9 Å². The molecule has 12 nitrogen and oxygen atoms in total. The van der Waals surface area contributed by atoms with Crippen molar-refractivity contribution in [3.05, 3.63) is 187 Å². The SMILES string of the molecule is CNS(=O)(=O)c1ccc(N)cc1.CNS(=O)(=O)c1ccc(Nc2cc(-c3ccccc3)nc(-c3ccccc3)n2)cc1.Clc1cc(-c2ccccc2)nc(-c2ccccc2)n1. The van der Waals surface area contributed by atoms with Crippen LogP contribution in [0.4, 0.5) is 17.2 Å². The second-order valence-corrected chi connectivity index (χ2v) is 17.1. The zero-order chi connectivity index (χ0) is 43.2. The first-order chi connectivity index (χ1) is 29.4. The number of nitrogens with one attached hydrogen (secondary N) is 3. The topological polar surface area (TPSA) is 182 Å². The van der Waals surface area contributed by atoms with E-state index in [9.17, 15) is 16.8 Å². The Labute approximate surface area is 360 Å². The van der Waals surface area contributed by atoms with E-state index in [1.807, 2.05) is 127 Å². The lowest BCUT2D eigenvalue weighted by molar-refractivity contribution is 0.586. The Morgan fingerprint density at radius 3 is 1.26 bits per heavy atom. The molecule has 2 heterocycles. The lowest BCUT2D eigenvalue weighted by Crippen LogP contribution is -2.18. The van der Waals surface area contributed by atoms with Crippen molar-refractivity contribution in [2.45, 2.75) is 9.79 Å². The quantitative estimate of drug-likeness (QED) is 0.0764. The van der Waals surface area contributed by atoms with Crippen LogP contribution in [0.5, 0.6) is 0 Å². The summed E-state index contributed by atoms with van der Waals surface area (Å²) in [6, 6.07) is 55.6. The van der Waals surface area contributed by atoms with Crippen LogP contribution in [0.2, 0.25) is 5.15 Å². The molecule has 0 atom stereocenters. The van der Waals surface area contributed by atoms with Gasteiger partial charge in [-0.3, -0.25) is 0 Å². The maximum atomic E-state index is 11.9. The number of hydrogen-bond donors (Lipinski definition) is 4. The maximum absolute atomic E-state index is 11.9. The standard InChI is InChI=1S/C23H20N4O2S.C16H11ClN2.C7H10N2O2S/c1-24-30(28,29)20-14-12-19(13-15-20)25-22-16-21(17-8-4-2-5-9-17)26-23(27-22)18-10-6-3-7-11-18;17-15-11-14(12-7-3-1-4-8-12)18-16(19-15)13-9-5-2-6-10-13;1-9-12(10,11)7-4-2-6(8)3-5-7/h2-16,24H,1H3,(H,25,26,27);1-11H;2-5,9H,8H2,1H3. The minimum absolute atomic E-state index is 0.202. The van der Waals surface area contributed by atoms with E-state index in [0.717, 1.165) is 39.3 Å². The third kappa shape index (κ3) is 12.1. The molecule has 308 valence electrons. The Morgan fingerprint density at radius 2 is 0.836 bits per heavy atom. The molecule has 0 amide bonds. The molecule has 6 aromatic carbocycles. The predicted molar refractivity (Wildman–Crippen MR) is 244 cm³/mol. The van der Waals surface area contributed by atoms with Crippen LogP contribution in [0.15, 0.2) is 192 Å². The van der Waals surface area contributed by atoms with E-state index in [4.69, 9.17) is 22.3 Å². The van der Waals surface area contributed by atoms with Gasteiger partial charge in [-0.15, -0.1) is 0 Å². The van der Waals surface area contributed by atoms with Crippen LogP contribution < -0.4 is 20.5 Å². The fraction of sp³-hybridized carbons (Fsp3) is 0.0435. The minimum Gasteiger partial charge on any atom is -0.399 e. The van der Waals surface area contributed by atoms with Crippen LogP contribution in [0.1, 0.15) is 0 Å². The molecule has 8 aromatic rings. The number of rotatable bonds is 10. The molecule has 0 aliphatic heterocycles. The van der Waals surface area contributed by atoms with Gasteiger partial charge in [-0.2, -0.15) is 0 Å². The Hall–Kier alpha value is -6.81. The van der Waals surface area contributed by atoms with Gasteiger partial charge in [-0.05, 0) is 62.6 Å². The zero-order valence-corrected chi connectivity index (χ0v) is 35.4. The Balaban J connectivity index is 0.000000171. The molecule has 0 saturated carbocycles. The average Bonchev–Trinajstić information content (AvgIpc) is 3.30. The molecule has 15 heteroatoms. The summed E-state index contributed by atoms with van der Waals surface area (Å²) < 4.78 is 50.7. The first-order valence-corrected chi connectivity index (χ1v) is 22.0. The fourth-order valence-electron chi connectivity index (χ4n) is 5.62. The second-order valence-electron chi connectivity index (χ2n) is 13.0. The van der Waals surface area contributed by atoms with E-state index in [0.29, 0.717) is 28.3 Å². The summed E-state index contributed by atoms with van der Waals surface area (Å²) in [4.78, 5) is 18.7. The number of anilines is 3. The predicted octanol–water partition coefficient (Wildman–Crippen LogP) is 9.10. The van der Waals surface area contributed by atoms with Gasteiger partial charge in [0.15, 0.2) is 11.6 Å². The van der Waals surface area contributed by atoms with Crippen LogP contribution in [-0.2, 0) is 20.0 Å². The fourth-order valence-corrected chi connectivity index (χ4v) is 7.27. The number of nitrogens with zero attached hydrogens (tertiary/aromatic N) is 4. The van der Waals surface area contributed by atoms with Crippen molar-refractivity contribution in [2.75, 3.05) is 25.1 Å². The van der Waals surface area contributed by atoms with Gasteiger partial charge in [-0.25, -0.2) is 46.2 Å². The van der Waals surface area contributed by atoms with Crippen LogP contribution in [0, 0.1) is 0 Å². The van der Waals surface area contributed by atoms with Crippen molar-refractivity contribution < 1.29 is 16.8 Å². The number of nitrogens with two attached hydrogens (primary N) is 1. The van der Waals surface area contributed by atoms with Gasteiger partial charge < -0.3 is 11.1 Å². The summed E-state index contributed by atoms with van der Waals surface area (Å²) in [5, 5.41) is 3.71. The highest BCUT2D eigenvalue weighted by atomic mass is 35.5. The highest BCUT2D eigenvalue weighted by Crippen LogP contribution is 2.27. The third-order valence-electron chi connectivity index (χ3n) is 8.79. The number of nitrogen functional groups attached to an aromatic ring is 1. The smallest absolute Gasteiger partial charge is 0.240 e. The van der Waals surface area contributed by atoms with E-state index in [1.165, 1.54) is 26.2 Å². The molecule has 0 unspecified atom stereocenters. The van der Waals surface area contributed by atoms with Crippen molar-refractivity contribution >= 4 is 48.8 Å². The van der Waals surface area contributed by atoms with Gasteiger partial charge in [0.25, 0.3) is 0 Å². The lowest BCUT2D eigenvalue weighted by atomic mass is 10.1. The van der Waals surface area contributed by atoms with Crippen LogP contribution in [0.3, 0.4) is 0 Å². The number of benzene rings is 6. The summed E-state index contributed by atoms with van der Waals surface area (Å²) >= 11 is 6.10. The van der Waals surface area contributed by atoms with Crippen LogP contribution >= 0.6 is 11.6 Å². The molecule has 2 aromatic heterocycles. The highest BCUT2D eigenvalue weighted by molar-refractivity contribution is 7.89. The lowest BCUT2D eigenvalue weighted by Gasteiger charge is -2.11. The Kier molecular flexibility index (Phi) is 14.7. The average molecular weight is 869 g/mol. The van der Waals surface area contributed by atoms with Gasteiger partial charge in [0.2, 0.25) is 20.0 Å². The molecule has 0 saturated heterocycles. The van der Waals surface area contributed by atoms with Crippen molar-refractivity contribution in [3.8, 4) is 45.3 Å². The summed E-state index contributed by atoms with van der Waals surface area (Å²) in [7, 11) is -4.04. The zero-order valence-electron chi connectivity index (χ0n) is 33.0. The van der Waals surface area contributed by atoms with Gasteiger partial charge in [0.05, 0.1) is 21.2 Å². The summed E-state index contributed by atoms with van der Waals surface area (Å²) in [6.45, 7) is 0. The van der Waals surface area contributed by atoms with E-state index in [2.05, 4.69) is 29.7 Å². The number of halogens is 1. The molecule has 0 radical (unpaired) electrons. The van der Waals surface area contributed by atoms with Gasteiger partial charge >= 0.3 is 0 Å². The molecule has 5 N–H and O–H groups in total. The minimum atomic E-state index is -3.48. The normalized spacial score (nSPS) is 11.0. The summed E-state index contributed by atoms with van der Waals surface area (Å²) in [5.41, 5.74) is 12.2. The summed E-state index contributed by atoms with van der Waals surface area (Å²) in [6.07, 6.45) is 0. The molecule has 0 aliphatic rings. The van der Waals surface area contributed by atoms with E-state index in [1.54, 1.807) is 42.5 Å². The molecule has 8 rings (SSSR count). The number of aromatic nitrogens is 4. The highest BCUT2D eigenvalue weighted by Gasteiger charge is 2.13. The van der Waals surface area contributed by atoms with E-state index in [-0.39, 0.29) is 9.79 Å². The monoisotopic (exact) mass is 868 g/mol. The Bertz CT molecular complexity index is 2760. The van der Waals surface area contributed by atoms with Gasteiger partial charge in [-0.1, -0.05) is 133 Å². The van der Waals surface area contributed by atoms with Crippen molar-refractivity contribution in [1.82, 2.24) is 29.4 Å². The second kappa shape index (κ2) is 20.4. The molecule has 0 fully saturated rings. The molecule has 61 heavy (non-hydrogen) atoms. The third-order valence-corrected chi connectivity index (χ3v) is 11.8. The Morgan fingerprint density at radius 1 is 0.459 bits per heavy atom. The molecule has 0 aliphatic carbocycles. The largest absolute Gasteiger partial charge is 0.399 e. The summed E-state index contributed by atoms with van der Waals surface area (Å²) in [5.74, 6) is 1.87. The number of hydrogen-bond acceptors (Lipinski definition) is 10. The molecule has 0 bridgehead atoms. The van der Waals surface area contributed by atoms with Gasteiger partial charge in [0.1, 0.15) is 11.0 Å². The molecule has 0 spiro atoms. The number of sulfonamides is 2. The van der Waals surface area contributed by atoms with Crippen LogP contribution in [0.25, 0.3) is 45.3 Å². The van der Waals surface area contributed by atoms with E-state index >= 15 is 0 Å². The molecular formula is C46H41ClN8O4S2. The van der Waals surface area contributed by atoms with Crippen molar-refractivity contribution in [3.63, 3.8) is 0 Å². The van der Waals surface area contributed by atoms with Gasteiger partial charge in [0, 0.05) is 45.8 Å². The van der Waals surface area contributed by atoms with Crippen molar-refractivity contribution in [2.24, 2.45) is 0 Å². The molecular weight excluding hydrogens is 828 g/mol. The van der Waals surface area contributed by atoms with Crippen molar-refractivity contribution in [1.29, 1.82) is 0 Å². The maximum Gasteiger partial charge on any atom is 0.240 e. The first kappa shape index (κ1) is 43.8. The van der Waals surface area contributed by atoms with E-state index < -0.39 is 20.0 Å².